The molecule has 0 saturated heterocycles. The zero-order chi connectivity index (χ0) is 13.2. The second-order valence-corrected chi connectivity index (χ2v) is 3.44. The Labute approximate surface area is 101 Å². The van der Waals surface area contributed by atoms with Crippen LogP contribution in [0.3, 0.4) is 0 Å². The Kier molecular flexibility index (Phi) is 4.14. The van der Waals surface area contributed by atoms with Gasteiger partial charge in [0, 0.05) is 6.07 Å². The number of carbonyl (C=O) groups is 1. The molecule has 0 aliphatic carbocycles. The van der Waals surface area contributed by atoms with Gasteiger partial charge in [-0.2, -0.15) is 0 Å². The maximum absolute atomic E-state index is 13.3. The number of esters is 1. The van der Waals surface area contributed by atoms with Gasteiger partial charge in [0.2, 0.25) is 0 Å². The number of hydrogen-bond donors (Lipinski definition) is 2. The van der Waals surface area contributed by atoms with Gasteiger partial charge in [0.1, 0.15) is 5.82 Å². The van der Waals surface area contributed by atoms with Gasteiger partial charge < -0.3 is 19.7 Å². The van der Waals surface area contributed by atoms with Crippen molar-refractivity contribution in [2.75, 3.05) is 14.2 Å². The highest BCUT2D eigenvalue weighted by Gasteiger charge is 2.28. The van der Waals surface area contributed by atoms with E-state index in [1.165, 1.54) is 7.11 Å². The molecule has 2 N–H and O–H groups in total. The predicted octanol–water partition coefficient (Wildman–Crippen LogP) is 1.40. The second kappa shape index (κ2) is 5.20. The van der Waals surface area contributed by atoms with Crippen molar-refractivity contribution in [1.82, 2.24) is 0 Å². The highest BCUT2D eigenvalue weighted by atomic mass is 35.5. The first-order chi connectivity index (χ1) is 7.93. The molecule has 94 valence electrons. The summed E-state index contributed by atoms with van der Waals surface area (Å²) in [7, 11) is 2.23. The molecule has 0 heterocycles. The highest BCUT2D eigenvalue weighted by Crippen LogP contribution is 2.40. The van der Waals surface area contributed by atoms with Gasteiger partial charge in [0.25, 0.3) is 0 Å². The Morgan fingerprint density at radius 2 is 2.12 bits per heavy atom. The fraction of sp³-hybridized carbons (Fsp3) is 0.300. The van der Waals surface area contributed by atoms with E-state index in [9.17, 15) is 19.4 Å². The third kappa shape index (κ3) is 2.42. The van der Waals surface area contributed by atoms with Crippen molar-refractivity contribution < 1.29 is 28.9 Å². The van der Waals surface area contributed by atoms with Crippen LogP contribution >= 0.6 is 11.6 Å². The van der Waals surface area contributed by atoms with Crippen LogP contribution in [0.25, 0.3) is 0 Å². The first kappa shape index (κ1) is 13.5. The number of aromatic hydroxyl groups is 1. The van der Waals surface area contributed by atoms with Gasteiger partial charge in [-0.05, 0) is 0 Å². The molecule has 0 aliphatic rings. The summed E-state index contributed by atoms with van der Waals surface area (Å²) in [6.45, 7) is 0. The van der Waals surface area contributed by atoms with Crippen LogP contribution in [0.2, 0.25) is 5.02 Å². The molecule has 0 amide bonds. The Morgan fingerprint density at radius 1 is 1.53 bits per heavy atom. The largest absolute Gasteiger partial charge is 0.504 e. The topological polar surface area (TPSA) is 76.0 Å². The third-order valence-corrected chi connectivity index (χ3v) is 2.49. The lowest BCUT2D eigenvalue weighted by Crippen LogP contribution is -2.14. The summed E-state index contributed by atoms with van der Waals surface area (Å²) in [5, 5.41) is 18.7. The van der Waals surface area contributed by atoms with Gasteiger partial charge in [0.05, 0.1) is 24.8 Å². The molecule has 1 aromatic carbocycles. The number of hydrogen-bond acceptors (Lipinski definition) is 5. The van der Waals surface area contributed by atoms with Gasteiger partial charge in [-0.1, -0.05) is 11.6 Å². The van der Waals surface area contributed by atoms with Crippen molar-refractivity contribution in [3.05, 3.63) is 22.5 Å². The van der Waals surface area contributed by atoms with Crippen molar-refractivity contribution in [3.8, 4) is 11.5 Å². The number of methoxy groups -OCH3 is 2. The number of carbonyl (C=O) groups excluding carboxylic acids is 1. The molecule has 5 nitrogen and oxygen atoms in total. The van der Waals surface area contributed by atoms with E-state index >= 15 is 0 Å². The molecule has 0 aliphatic heterocycles. The Balaban J connectivity index is 3.40. The van der Waals surface area contributed by atoms with E-state index in [1.807, 2.05) is 0 Å². The number of aliphatic hydroxyl groups excluding tert-OH is 1. The number of halogens is 2. The minimum absolute atomic E-state index is 0.246. The van der Waals surface area contributed by atoms with Crippen LogP contribution in [-0.4, -0.2) is 30.4 Å². The maximum Gasteiger partial charge on any atom is 0.339 e. The lowest BCUT2D eigenvalue weighted by molar-refractivity contribution is -0.150. The van der Waals surface area contributed by atoms with E-state index in [4.69, 9.17) is 11.6 Å². The molecular formula is C10H10ClFO5. The second-order valence-electron chi connectivity index (χ2n) is 3.06. The van der Waals surface area contributed by atoms with Crippen molar-refractivity contribution in [2.45, 2.75) is 6.10 Å². The first-order valence-corrected chi connectivity index (χ1v) is 4.82. The third-order valence-electron chi connectivity index (χ3n) is 2.11. The fourth-order valence-electron chi connectivity index (χ4n) is 1.25. The van der Waals surface area contributed by atoms with E-state index in [0.29, 0.717) is 0 Å². The fourth-order valence-corrected chi connectivity index (χ4v) is 1.49. The van der Waals surface area contributed by atoms with Crippen LogP contribution in [0.4, 0.5) is 4.39 Å². The minimum Gasteiger partial charge on any atom is -0.504 e. The first-order valence-electron chi connectivity index (χ1n) is 4.44. The van der Waals surface area contributed by atoms with E-state index in [-0.39, 0.29) is 5.75 Å². The summed E-state index contributed by atoms with van der Waals surface area (Å²) in [5.74, 6) is -2.87. The lowest BCUT2D eigenvalue weighted by atomic mass is 10.1. The normalized spacial score (nSPS) is 12.1. The quantitative estimate of drug-likeness (QED) is 0.807. The number of phenolic OH excluding ortho intramolecular Hbond substituents is 1. The molecule has 1 atom stereocenters. The average molecular weight is 265 g/mol. The van der Waals surface area contributed by atoms with E-state index in [1.54, 1.807) is 0 Å². The molecule has 0 fully saturated rings. The van der Waals surface area contributed by atoms with Crippen LogP contribution in [-0.2, 0) is 9.53 Å². The van der Waals surface area contributed by atoms with Gasteiger partial charge in [-0.3, -0.25) is 0 Å². The zero-order valence-electron chi connectivity index (χ0n) is 9.03. The van der Waals surface area contributed by atoms with Crippen molar-refractivity contribution >= 4 is 17.6 Å². The number of phenols is 1. The summed E-state index contributed by atoms with van der Waals surface area (Å²) < 4.78 is 22.3. The molecule has 17 heavy (non-hydrogen) atoms. The SMILES string of the molecule is COC(=O)C(O)c1c(O)c(OC)cc(F)c1Cl. The van der Waals surface area contributed by atoms with Crippen molar-refractivity contribution in [1.29, 1.82) is 0 Å². The van der Waals surface area contributed by atoms with Gasteiger partial charge in [-0.15, -0.1) is 0 Å². The van der Waals surface area contributed by atoms with E-state index < -0.39 is 34.2 Å². The molecule has 0 aromatic heterocycles. The summed E-state index contributed by atoms with van der Waals surface area (Å²) in [5.41, 5.74) is -0.490. The molecular weight excluding hydrogens is 255 g/mol. The van der Waals surface area contributed by atoms with Crippen LogP contribution in [0.15, 0.2) is 6.07 Å². The summed E-state index contributed by atoms with van der Waals surface area (Å²) >= 11 is 5.57. The molecule has 0 bridgehead atoms. The molecule has 0 radical (unpaired) electrons. The summed E-state index contributed by atoms with van der Waals surface area (Å²) in [6, 6.07) is 0.838. The lowest BCUT2D eigenvalue weighted by Gasteiger charge is -2.15. The minimum atomic E-state index is -1.89. The molecule has 7 heteroatoms. The van der Waals surface area contributed by atoms with Gasteiger partial charge in [0.15, 0.2) is 17.6 Å². The summed E-state index contributed by atoms with van der Waals surface area (Å²) in [4.78, 5) is 11.1. The molecule has 0 spiro atoms. The monoisotopic (exact) mass is 264 g/mol. The summed E-state index contributed by atoms with van der Waals surface area (Å²) in [6.07, 6.45) is -1.89. The van der Waals surface area contributed by atoms with Crippen molar-refractivity contribution in [2.24, 2.45) is 0 Å². The van der Waals surface area contributed by atoms with Gasteiger partial charge >= 0.3 is 5.97 Å². The predicted molar refractivity (Wildman–Crippen MR) is 56.6 cm³/mol. The maximum atomic E-state index is 13.3. The Morgan fingerprint density at radius 3 is 2.59 bits per heavy atom. The van der Waals surface area contributed by atoms with Crippen LogP contribution in [0.1, 0.15) is 11.7 Å². The molecule has 1 unspecified atom stereocenters. The Hall–Kier alpha value is -1.53. The van der Waals surface area contributed by atoms with Gasteiger partial charge in [-0.25, -0.2) is 9.18 Å². The van der Waals surface area contributed by atoms with Crippen LogP contribution in [0.5, 0.6) is 11.5 Å². The Bertz CT molecular complexity index is 449. The number of ether oxygens (including phenoxy) is 2. The van der Waals surface area contributed by atoms with E-state index in [0.717, 1.165) is 13.2 Å². The van der Waals surface area contributed by atoms with Crippen molar-refractivity contribution in [3.63, 3.8) is 0 Å². The van der Waals surface area contributed by atoms with Crippen LogP contribution in [0, 0.1) is 5.82 Å². The number of benzene rings is 1. The molecule has 0 saturated carbocycles. The standard InChI is InChI=1S/C10H10ClFO5/c1-16-5-3-4(12)7(11)6(8(5)13)9(14)10(15)17-2/h3,9,13-14H,1-2H3. The zero-order valence-corrected chi connectivity index (χ0v) is 9.79. The molecule has 1 rings (SSSR count). The number of aliphatic hydroxyl groups is 1. The van der Waals surface area contributed by atoms with E-state index in [2.05, 4.69) is 9.47 Å². The highest BCUT2D eigenvalue weighted by molar-refractivity contribution is 6.32. The smallest absolute Gasteiger partial charge is 0.339 e. The van der Waals surface area contributed by atoms with Crippen LogP contribution < -0.4 is 4.74 Å². The average Bonchev–Trinajstić information content (AvgIpc) is 2.32. The molecule has 1 aromatic rings. The number of rotatable bonds is 3.